The van der Waals surface area contributed by atoms with Crippen molar-refractivity contribution in [1.82, 2.24) is 15.0 Å². The summed E-state index contributed by atoms with van der Waals surface area (Å²) < 4.78 is 11.0. The van der Waals surface area contributed by atoms with Crippen molar-refractivity contribution >= 4 is 17.2 Å². The van der Waals surface area contributed by atoms with Gasteiger partial charge in [0.25, 0.3) is 5.91 Å². The highest BCUT2D eigenvalue weighted by Crippen LogP contribution is 2.22. The Morgan fingerprint density at radius 3 is 2.81 bits per heavy atom. The second kappa shape index (κ2) is 7.70. The molecular formula is C19H21N3O3S. The maximum Gasteiger partial charge on any atom is 0.263 e. The number of carbonyl (C=O) groups excluding carboxylic acids is 1. The van der Waals surface area contributed by atoms with Crippen LogP contribution in [0.2, 0.25) is 0 Å². The third kappa shape index (κ3) is 4.11. The molecule has 6 nitrogen and oxygen atoms in total. The number of hydrogen-bond acceptors (Lipinski definition) is 6. The van der Waals surface area contributed by atoms with Crippen molar-refractivity contribution in [3.8, 4) is 16.5 Å². The van der Waals surface area contributed by atoms with Crippen LogP contribution in [-0.2, 0) is 11.3 Å². The topological polar surface area (TPSA) is 68.5 Å². The minimum Gasteiger partial charge on any atom is -0.481 e. The zero-order chi connectivity index (χ0) is 18.7. The monoisotopic (exact) mass is 371 g/mol. The quantitative estimate of drug-likeness (QED) is 0.658. The van der Waals surface area contributed by atoms with Gasteiger partial charge in [0.05, 0.1) is 11.4 Å². The largest absolute Gasteiger partial charge is 0.481 e. The molecule has 3 rings (SSSR count). The zero-order valence-corrected chi connectivity index (χ0v) is 16.0. The second-order valence-corrected chi connectivity index (χ2v) is 7.14. The van der Waals surface area contributed by atoms with E-state index in [9.17, 15) is 4.79 Å². The lowest BCUT2D eigenvalue weighted by Gasteiger charge is -2.21. The van der Waals surface area contributed by atoms with Crippen LogP contribution in [0.5, 0.6) is 5.75 Å². The van der Waals surface area contributed by atoms with Gasteiger partial charge in [-0.05, 0) is 55.5 Å². The molecule has 136 valence electrons. The Hall–Kier alpha value is -2.67. The van der Waals surface area contributed by atoms with Gasteiger partial charge in [0.15, 0.2) is 6.10 Å². The molecule has 7 heteroatoms. The van der Waals surface area contributed by atoms with E-state index in [1.54, 1.807) is 14.0 Å². The first-order valence-electron chi connectivity index (χ1n) is 8.29. The van der Waals surface area contributed by atoms with Crippen LogP contribution in [0.25, 0.3) is 10.7 Å². The van der Waals surface area contributed by atoms with Crippen LogP contribution < -0.4 is 4.74 Å². The van der Waals surface area contributed by atoms with Crippen molar-refractivity contribution in [2.45, 2.75) is 33.4 Å². The summed E-state index contributed by atoms with van der Waals surface area (Å²) in [6.07, 6.45) is -0.609. The highest BCUT2D eigenvalue weighted by molar-refractivity contribution is 7.13. The van der Waals surface area contributed by atoms with Gasteiger partial charge >= 0.3 is 0 Å². The molecule has 0 N–H and O–H groups in total. The number of rotatable bonds is 6. The summed E-state index contributed by atoms with van der Waals surface area (Å²) in [5.41, 5.74) is 2.31. The number of benzene rings is 1. The fraction of sp³-hybridized carbons (Fsp3) is 0.316. The molecule has 0 bridgehead atoms. The average molecular weight is 371 g/mol. The van der Waals surface area contributed by atoms with Gasteiger partial charge < -0.3 is 14.2 Å². The lowest BCUT2D eigenvalue weighted by molar-refractivity contribution is -0.137. The molecule has 0 saturated carbocycles. The predicted octanol–water partition coefficient (Wildman–Crippen LogP) is 3.84. The smallest absolute Gasteiger partial charge is 0.263 e. The van der Waals surface area contributed by atoms with Gasteiger partial charge in [-0.2, -0.15) is 4.98 Å². The van der Waals surface area contributed by atoms with E-state index in [2.05, 4.69) is 10.1 Å². The molecule has 3 aromatic rings. The molecule has 1 unspecified atom stereocenters. The van der Waals surface area contributed by atoms with Crippen molar-refractivity contribution < 1.29 is 14.1 Å². The Balaban J connectivity index is 1.61. The van der Waals surface area contributed by atoms with E-state index in [-0.39, 0.29) is 12.5 Å². The van der Waals surface area contributed by atoms with Gasteiger partial charge in [-0.15, -0.1) is 11.3 Å². The molecule has 1 aromatic carbocycles. The third-order valence-electron chi connectivity index (χ3n) is 4.10. The summed E-state index contributed by atoms with van der Waals surface area (Å²) >= 11 is 1.54. The maximum absolute atomic E-state index is 12.6. The normalized spacial score (nSPS) is 12.0. The van der Waals surface area contributed by atoms with Gasteiger partial charge in [0.2, 0.25) is 11.7 Å². The SMILES string of the molecule is Cc1ccc(OC(C)C(=O)N(C)Cc2nc(-c3cccs3)no2)cc1C. The van der Waals surface area contributed by atoms with Crippen LogP contribution in [0.4, 0.5) is 0 Å². The number of carbonyl (C=O) groups is 1. The third-order valence-corrected chi connectivity index (χ3v) is 4.96. The molecule has 0 saturated heterocycles. The molecule has 2 heterocycles. The van der Waals surface area contributed by atoms with Crippen LogP contribution >= 0.6 is 11.3 Å². The lowest BCUT2D eigenvalue weighted by atomic mass is 10.1. The average Bonchev–Trinajstić information content (AvgIpc) is 3.28. The summed E-state index contributed by atoms with van der Waals surface area (Å²) in [6, 6.07) is 9.64. The van der Waals surface area contributed by atoms with Crippen molar-refractivity contribution in [3.63, 3.8) is 0 Å². The predicted molar refractivity (Wildman–Crippen MR) is 100 cm³/mol. The van der Waals surface area contributed by atoms with E-state index in [0.717, 1.165) is 10.4 Å². The molecule has 26 heavy (non-hydrogen) atoms. The van der Waals surface area contributed by atoms with E-state index in [1.807, 2.05) is 49.6 Å². The highest BCUT2D eigenvalue weighted by Gasteiger charge is 2.21. The molecule has 1 atom stereocenters. The van der Waals surface area contributed by atoms with E-state index < -0.39 is 6.10 Å². The number of likely N-dealkylation sites (N-methyl/N-ethyl adjacent to an activating group) is 1. The number of hydrogen-bond donors (Lipinski definition) is 0. The number of ether oxygens (including phenoxy) is 1. The molecular weight excluding hydrogens is 350 g/mol. The van der Waals surface area contributed by atoms with Gasteiger partial charge in [-0.1, -0.05) is 17.3 Å². The standard InChI is InChI=1S/C19H21N3O3S/c1-12-7-8-15(10-13(12)2)24-14(3)19(23)22(4)11-17-20-18(21-25-17)16-6-5-9-26-16/h5-10,14H,11H2,1-4H3. The number of amides is 1. The Morgan fingerprint density at radius 2 is 2.12 bits per heavy atom. The Labute approximate surface area is 156 Å². The van der Waals surface area contributed by atoms with Crippen LogP contribution in [0.1, 0.15) is 23.9 Å². The van der Waals surface area contributed by atoms with Crippen molar-refractivity contribution in [3.05, 3.63) is 52.7 Å². The van der Waals surface area contributed by atoms with E-state index in [1.165, 1.54) is 21.8 Å². The summed E-state index contributed by atoms with van der Waals surface area (Å²) in [5.74, 6) is 1.46. The van der Waals surface area contributed by atoms with Crippen LogP contribution in [-0.4, -0.2) is 34.1 Å². The molecule has 0 aliphatic heterocycles. The molecule has 0 aliphatic rings. The lowest BCUT2D eigenvalue weighted by Crippen LogP contribution is -2.37. The van der Waals surface area contributed by atoms with E-state index in [0.29, 0.717) is 17.5 Å². The number of nitrogens with zero attached hydrogens (tertiary/aromatic N) is 3. The summed E-state index contributed by atoms with van der Waals surface area (Å²) in [4.78, 5) is 19.3. The summed E-state index contributed by atoms with van der Waals surface area (Å²) in [5, 5.41) is 5.91. The van der Waals surface area contributed by atoms with Gasteiger partial charge in [-0.3, -0.25) is 4.79 Å². The first kappa shape index (κ1) is 18.1. The molecule has 1 amide bonds. The number of thiophene rings is 1. The Bertz CT molecular complexity index is 889. The minimum atomic E-state index is -0.609. The fourth-order valence-electron chi connectivity index (χ4n) is 2.46. The Kier molecular flexibility index (Phi) is 5.37. The van der Waals surface area contributed by atoms with Crippen LogP contribution in [0.3, 0.4) is 0 Å². The number of aryl methyl sites for hydroxylation is 2. The molecule has 0 radical (unpaired) electrons. The molecule has 0 fully saturated rings. The maximum atomic E-state index is 12.6. The summed E-state index contributed by atoms with van der Waals surface area (Å²) in [7, 11) is 1.69. The van der Waals surface area contributed by atoms with Crippen LogP contribution in [0, 0.1) is 13.8 Å². The second-order valence-electron chi connectivity index (χ2n) is 6.19. The molecule has 2 aromatic heterocycles. The van der Waals surface area contributed by atoms with Gasteiger partial charge in [0, 0.05) is 7.05 Å². The van der Waals surface area contributed by atoms with E-state index >= 15 is 0 Å². The Morgan fingerprint density at radius 1 is 1.31 bits per heavy atom. The highest BCUT2D eigenvalue weighted by atomic mass is 32.1. The van der Waals surface area contributed by atoms with E-state index in [4.69, 9.17) is 9.26 Å². The van der Waals surface area contributed by atoms with Gasteiger partial charge in [-0.25, -0.2) is 0 Å². The molecule has 0 spiro atoms. The van der Waals surface area contributed by atoms with Crippen LogP contribution in [0.15, 0.2) is 40.2 Å². The van der Waals surface area contributed by atoms with Gasteiger partial charge in [0.1, 0.15) is 5.75 Å². The number of aromatic nitrogens is 2. The first-order valence-corrected chi connectivity index (χ1v) is 9.17. The summed E-state index contributed by atoms with van der Waals surface area (Å²) in [6.45, 7) is 6.02. The van der Waals surface area contributed by atoms with Crippen molar-refractivity contribution in [2.24, 2.45) is 0 Å². The zero-order valence-electron chi connectivity index (χ0n) is 15.2. The minimum absolute atomic E-state index is 0.154. The first-order chi connectivity index (χ1) is 12.4. The van der Waals surface area contributed by atoms with Crippen molar-refractivity contribution in [1.29, 1.82) is 0 Å². The fourth-order valence-corrected chi connectivity index (χ4v) is 3.11. The van der Waals surface area contributed by atoms with Crippen molar-refractivity contribution in [2.75, 3.05) is 7.05 Å². The molecule has 0 aliphatic carbocycles.